The molecular weight excluding hydrogens is 506 g/mol. The maximum Gasteiger partial charge on any atom is 0.252 e. The number of hydrogen-bond donors (Lipinski definition) is 3. The Kier molecular flexibility index (Phi) is 9.58. The van der Waals surface area contributed by atoms with Gasteiger partial charge in [-0.15, -0.1) is 12.4 Å². The molecule has 4 rings (SSSR count). The molecular formula is C26H31ClF2N4O4. The van der Waals surface area contributed by atoms with Gasteiger partial charge in [-0.3, -0.25) is 14.4 Å². The van der Waals surface area contributed by atoms with E-state index in [1.807, 2.05) is 0 Å². The van der Waals surface area contributed by atoms with Crippen LogP contribution in [0.3, 0.4) is 0 Å². The number of anilines is 1. The Labute approximate surface area is 220 Å². The van der Waals surface area contributed by atoms with Crippen molar-refractivity contribution in [2.45, 2.75) is 44.4 Å². The van der Waals surface area contributed by atoms with E-state index in [1.54, 1.807) is 38.2 Å². The first-order chi connectivity index (χ1) is 17.3. The van der Waals surface area contributed by atoms with Gasteiger partial charge in [-0.25, -0.2) is 8.78 Å². The number of benzene rings is 2. The highest BCUT2D eigenvalue weighted by molar-refractivity contribution is 6.00. The first-order valence-electron chi connectivity index (χ1n) is 12.0. The summed E-state index contributed by atoms with van der Waals surface area (Å²) < 4.78 is 34.0. The Morgan fingerprint density at radius 1 is 1.03 bits per heavy atom. The predicted octanol–water partition coefficient (Wildman–Crippen LogP) is 2.93. The second-order valence-electron chi connectivity index (χ2n) is 9.10. The molecule has 0 unspecified atom stereocenters. The van der Waals surface area contributed by atoms with E-state index in [2.05, 4.69) is 16.0 Å². The van der Waals surface area contributed by atoms with Crippen LogP contribution in [-0.4, -0.2) is 55.0 Å². The van der Waals surface area contributed by atoms with Crippen LogP contribution in [0.2, 0.25) is 0 Å². The van der Waals surface area contributed by atoms with Crippen LogP contribution < -0.4 is 16.0 Å². The number of nitrogens with one attached hydrogen (secondary N) is 3. The number of ether oxygens (including phenoxy) is 1. The van der Waals surface area contributed by atoms with Crippen molar-refractivity contribution in [2.24, 2.45) is 5.92 Å². The monoisotopic (exact) mass is 536 g/mol. The number of carbonyl (C=O) groups is 3. The van der Waals surface area contributed by atoms with E-state index in [0.29, 0.717) is 31.6 Å². The van der Waals surface area contributed by atoms with Gasteiger partial charge in [0.15, 0.2) is 0 Å². The van der Waals surface area contributed by atoms with Crippen LogP contribution in [0.4, 0.5) is 14.5 Å². The van der Waals surface area contributed by atoms with Crippen LogP contribution in [0.15, 0.2) is 42.5 Å². The lowest BCUT2D eigenvalue weighted by molar-refractivity contribution is -0.144. The van der Waals surface area contributed by atoms with Crippen molar-refractivity contribution in [3.63, 3.8) is 0 Å². The number of rotatable bonds is 7. The Morgan fingerprint density at radius 2 is 1.68 bits per heavy atom. The summed E-state index contributed by atoms with van der Waals surface area (Å²) in [6.45, 7) is 2.74. The zero-order valence-electron chi connectivity index (χ0n) is 20.6. The molecule has 2 aromatic carbocycles. The largest absolute Gasteiger partial charge is 0.381 e. The smallest absolute Gasteiger partial charge is 0.252 e. The molecule has 37 heavy (non-hydrogen) atoms. The maximum absolute atomic E-state index is 14.3. The lowest BCUT2D eigenvalue weighted by atomic mass is 9.90. The third-order valence-electron chi connectivity index (χ3n) is 6.87. The lowest BCUT2D eigenvalue weighted by Crippen LogP contribution is -2.56. The molecule has 3 amide bonds. The molecule has 3 atom stereocenters. The summed E-state index contributed by atoms with van der Waals surface area (Å²) in [6.07, 6.45) is 1.14. The molecule has 1 fully saturated rings. The summed E-state index contributed by atoms with van der Waals surface area (Å²) in [5.41, 5.74) is 0.748. The van der Waals surface area contributed by atoms with Gasteiger partial charge in [-0.1, -0.05) is 30.3 Å². The van der Waals surface area contributed by atoms with Gasteiger partial charge in [-0.2, -0.15) is 0 Å². The molecule has 0 spiro atoms. The molecule has 0 aromatic heterocycles. The van der Waals surface area contributed by atoms with E-state index >= 15 is 0 Å². The first-order valence-corrected chi connectivity index (χ1v) is 12.0. The normalized spacial score (nSPS) is 18.8. The summed E-state index contributed by atoms with van der Waals surface area (Å²) in [5, 5.41) is 8.06. The zero-order valence-corrected chi connectivity index (χ0v) is 21.4. The third kappa shape index (κ3) is 6.08. The van der Waals surface area contributed by atoms with Crippen molar-refractivity contribution in [3.05, 3.63) is 65.2 Å². The van der Waals surface area contributed by atoms with Crippen molar-refractivity contribution < 1.29 is 27.9 Å². The highest BCUT2D eigenvalue weighted by atomic mass is 35.5. The van der Waals surface area contributed by atoms with E-state index in [-0.39, 0.29) is 30.8 Å². The van der Waals surface area contributed by atoms with Crippen molar-refractivity contribution >= 4 is 35.8 Å². The van der Waals surface area contributed by atoms with Gasteiger partial charge in [0, 0.05) is 19.8 Å². The molecule has 2 aliphatic rings. The fraction of sp³-hybridized carbons (Fsp3) is 0.423. The SMILES string of the molecule is CN[C@@H](C)C(=O)N[C@H](C(=O)N1Cc2ccccc2[C@H]1C(=O)Nc1c(F)cccc1F)C1CCOCC1.Cl. The lowest BCUT2D eigenvalue weighted by Gasteiger charge is -2.35. The van der Waals surface area contributed by atoms with E-state index < -0.39 is 47.3 Å². The summed E-state index contributed by atoms with van der Waals surface area (Å²) in [7, 11) is 1.65. The standard InChI is InChI=1S/C26H30F2N4O4.ClH/c1-15(29-2)24(33)30-21(16-10-12-36-13-11-16)26(35)32-14-17-6-3-4-7-18(17)23(32)25(34)31-22-19(27)8-5-9-20(22)28;/h3-9,15-16,21,23,29H,10-14H2,1-2H3,(H,30,33)(H,31,34);1H/t15-,21-,23-;/m0./s1. The van der Waals surface area contributed by atoms with E-state index in [9.17, 15) is 23.2 Å². The molecule has 0 aliphatic carbocycles. The highest BCUT2D eigenvalue weighted by Crippen LogP contribution is 2.36. The first kappa shape index (κ1) is 28.5. The molecule has 8 nitrogen and oxygen atoms in total. The Bertz CT molecular complexity index is 1130. The highest BCUT2D eigenvalue weighted by Gasteiger charge is 2.43. The van der Waals surface area contributed by atoms with Crippen LogP contribution in [0, 0.1) is 17.6 Å². The number of nitrogens with zero attached hydrogens (tertiary/aromatic N) is 1. The number of likely N-dealkylation sites (N-methyl/N-ethyl adjacent to an activating group) is 1. The molecule has 11 heteroatoms. The van der Waals surface area contributed by atoms with Gasteiger partial charge >= 0.3 is 0 Å². The van der Waals surface area contributed by atoms with Gasteiger partial charge in [0.1, 0.15) is 29.4 Å². The molecule has 2 aromatic rings. The fourth-order valence-electron chi connectivity index (χ4n) is 4.70. The van der Waals surface area contributed by atoms with Crippen LogP contribution in [0.25, 0.3) is 0 Å². The van der Waals surface area contributed by atoms with Gasteiger partial charge in [-0.05, 0) is 56.0 Å². The van der Waals surface area contributed by atoms with E-state index in [0.717, 1.165) is 17.7 Å². The number of fused-ring (bicyclic) bond motifs is 1. The summed E-state index contributed by atoms with van der Waals surface area (Å²) in [4.78, 5) is 41.5. The quantitative estimate of drug-likeness (QED) is 0.505. The molecule has 200 valence electrons. The topological polar surface area (TPSA) is 99.8 Å². The number of hydrogen-bond acceptors (Lipinski definition) is 5. The van der Waals surface area contributed by atoms with E-state index in [4.69, 9.17) is 4.74 Å². The van der Waals surface area contributed by atoms with Crippen molar-refractivity contribution in [2.75, 3.05) is 25.6 Å². The molecule has 2 aliphatic heterocycles. The molecule has 0 radical (unpaired) electrons. The number of para-hydroxylation sites is 1. The maximum atomic E-state index is 14.3. The second kappa shape index (κ2) is 12.4. The van der Waals surface area contributed by atoms with Crippen LogP contribution >= 0.6 is 12.4 Å². The van der Waals surface area contributed by atoms with Gasteiger partial charge in [0.2, 0.25) is 11.8 Å². The number of halogens is 3. The van der Waals surface area contributed by atoms with Gasteiger partial charge in [0.05, 0.1) is 6.04 Å². The Balaban J connectivity index is 0.00000380. The minimum absolute atomic E-state index is 0. The Hall–Kier alpha value is -3.08. The predicted molar refractivity (Wildman–Crippen MR) is 136 cm³/mol. The van der Waals surface area contributed by atoms with Crippen molar-refractivity contribution in [3.8, 4) is 0 Å². The number of carbonyl (C=O) groups excluding carboxylic acids is 3. The number of amides is 3. The third-order valence-corrected chi connectivity index (χ3v) is 6.87. The zero-order chi connectivity index (χ0) is 25.8. The molecule has 0 bridgehead atoms. The van der Waals surface area contributed by atoms with Crippen LogP contribution in [-0.2, 0) is 25.7 Å². The van der Waals surface area contributed by atoms with E-state index in [1.165, 1.54) is 11.0 Å². The van der Waals surface area contributed by atoms with Crippen LogP contribution in [0.1, 0.15) is 36.9 Å². The van der Waals surface area contributed by atoms with Crippen LogP contribution in [0.5, 0.6) is 0 Å². The average Bonchev–Trinajstić information content (AvgIpc) is 3.28. The summed E-state index contributed by atoms with van der Waals surface area (Å²) >= 11 is 0. The molecule has 2 heterocycles. The van der Waals surface area contributed by atoms with Crippen molar-refractivity contribution in [1.82, 2.24) is 15.5 Å². The van der Waals surface area contributed by atoms with Gasteiger partial charge in [0.25, 0.3) is 5.91 Å². The summed E-state index contributed by atoms with van der Waals surface area (Å²) in [6, 6.07) is 7.82. The minimum atomic E-state index is -1.12. The summed E-state index contributed by atoms with van der Waals surface area (Å²) in [5.74, 6) is -3.52. The molecule has 3 N–H and O–H groups in total. The average molecular weight is 537 g/mol. The fourth-order valence-corrected chi connectivity index (χ4v) is 4.70. The molecule has 1 saturated heterocycles. The second-order valence-corrected chi connectivity index (χ2v) is 9.10. The Morgan fingerprint density at radius 3 is 2.32 bits per heavy atom. The van der Waals surface area contributed by atoms with Gasteiger partial charge < -0.3 is 25.6 Å². The molecule has 0 saturated carbocycles. The minimum Gasteiger partial charge on any atom is -0.381 e. The van der Waals surface area contributed by atoms with Crippen molar-refractivity contribution in [1.29, 1.82) is 0 Å².